The molecule has 1 aromatic heterocycles. The summed E-state index contributed by atoms with van der Waals surface area (Å²) in [5.41, 5.74) is 7.44. The Morgan fingerprint density at radius 1 is 1.65 bits per heavy atom. The highest BCUT2D eigenvalue weighted by Gasteiger charge is 2.13. The van der Waals surface area contributed by atoms with E-state index in [2.05, 4.69) is 11.2 Å². The normalized spacial score (nSPS) is 12.4. The summed E-state index contributed by atoms with van der Waals surface area (Å²) in [5, 5.41) is 13.1. The minimum absolute atomic E-state index is 0.307. The van der Waals surface area contributed by atoms with Crippen molar-refractivity contribution in [3.63, 3.8) is 0 Å². The Balaban J connectivity index is 2.95. The van der Waals surface area contributed by atoms with E-state index < -0.39 is 6.29 Å². The number of nitrogens with two attached hydrogens (primary N) is 1. The minimum atomic E-state index is -0.474. The monoisotopic (exact) mass is 348 g/mol. The van der Waals surface area contributed by atoms with E-state index in [4.69, 9.17) is 20.5 Å². The fourth-order valence-corrected chi connectivity index (χ4v) is 1.68. The van der Waals surface area contributed by atoms with Gasteiger partial charge in [-0.2, -0.15) is 10.4 Å². The van der Waals surface area contributed by atoms with E-state index in [-0.39, 0.29) is 0 Å². The molecular weight excluding hydrogens is 335 g/mol. The van der Waals surface area contributed by atoms with Crippen molar-refractivity contribution in [1.29, 1.82) is 5.26 Å². The first-order valence-electron chi connectivity index (χ1n) is 4.77. The van der Waals surface area contributed by atoms with Gasteiger partial charge in [-0.3, -0.25) is 0 Å². The van der Waals surface area contributed by atoms with Gasteiger partial charge in [-0.15, -0.1) is 0 Å². The predicted molar refractivity (Wildman–Crippen MR) is 70.8 cm³/mol. The molecule has 0 radical (unpaired) electrons. The molecule has 17 heavy (non-hydrogen) atoms. The average molecular weight is 348 g/mol. The van der Waals surface area contributed by atoms with Crippen LogP contribution < -0.4 is 5.73 Å². The fraction of sp³-hybridized carbons (Fsp3) is 0.400. The van der Waals surface area contributed by atoms with Crippen molar-refractivity contribution in [2.75, 3.05) is 14.2 Å². The first kappa shape index (κ1) is 14.0. The lowest BCUT2D eigenvalue weighted by molar-refractivity contribution is -0.0995. The molecule has 0 aliphatic carbocycles. The second-order valence-electron chi connectivity index (χ2n) is 3.23. The molecule has 92 valence electrons. The standard InChI is InChI=1S/C10H13IN4O2/c1-16-9(17-2)3-7(4-12)10(13)8-5-14-15(11)6-8/h5-6,9H,3,13H2,1-2H3/b10-7+. The van der Waals surface area contributed by atoms with Gasteiger partial charge in [0.05, 0.1) is 46.4 Å². The number of aromatic nitrogens is 2. The lowest BCUT2D eigenvalue weighted by Gasteiger charge is -2.13. The second-order valence-corrected chi connectivity index (χ2v) is 4.22. The third kappa shape index (κ3) is 3.69. The van der Waals surface area contributed by atoms with Crippen molar-refractivity contribution in [2.24, 2.45) is 5.73 Å². The van der Waals surface area contributed by atoms with E-state index in [9.17, 15) is 0 Å². The third-order valence-corrected chi connectivity index (χ3v) is 2.75. The molecule has 0 unspecified atom stereocenters. The molecule has 0 spiro atoms. The predicted octanol–water partition coefficient (Wildman–Crippen LogP) is 1.28. The van der Waals surface area contributed by atoms with Crippen LogP contribution in [0.25, 0.3) is 5.70 Å². The van der Waals surface area contributed by atoms with Crippen LogP contribution in [0.1, 0.15) is 12.0 Å². The van der Waals surface area contributed by atoms with E-state index >= 15 is 0 Å². The number of ether oxygens (including phenoxy) is 2. The molecule has 7 heteroatoms. The number of hydrogen-bond donors (Lipinski definition) is 1. The second kappa shape index (κ2) is 6.58. The number of halogens is 1. The molecule has 0 saturated carbocycles. The summed E-state index contributed by atoms with van der Waals surface area (Å²) < 4.78 is 11.7. The van der Waals surface area contributed by atoms with Gasteiger partial charge in [0.25, 0.3) is 0 Å². The molecular formula is C10H13IN4O2. The average Bonchev–Trinajstić information content (AvgIpc) is 2.77. The topological polar surface area (TPSA) is 86.1 Å². The van der Waals surface area contributed by atoms with Crippen LogP contribution >= 0.6 is 22.9 Å². The lowest BCUT2D eigenvalue weighted by atomic mass is 10.1. The number of nitriles is 1. The number of nitrogens with zero attached hydrogens (tertiary/aromatic N) is 3. The van der Waals surface area contributed by atoms with Gasteiger partial charge in [0.1, 0.15) is 0 Å². The highest BCUT2D eigenvalue weighted by Crippen LogP contribution is 2.18. The van der Waals surface area contributed by atoms with Gasteiger partial charge in [-0.05, 0) is 0 Å². The van der Waals surface area contributed by atoms with Gasteiger partial charge in [-0.1, -0.05) is 0 Å². The minimum Gasteiger partial charge on any atom is -0.397 e. The summed E-state index contributed by atoms with van der Waals surface area (Å²) >= 11 is 2.00. The maximum absolute atomic E-state index is 9.08. The number of rotatable bonds is 5. The van der Waals surface area contributed by atoms with Crippen molar-refractivity contribution in [3.05, 3.63) is 23.5 Å². The van der Waals surface area contributed by atoms with E-state index in [0.717, 1.165) is 0 Å². The van der Waals surface area contributed by atoms with E-state index in [1.54, 1.807) is 15.3 Å². The lowest BCUT2D eigenvalue weighted by Crippen LogP contribution is -2.15. The Kier molecular flexibility index (Phi) is 5.40. The van der Waals surface area contributed by atoms with Crippen molar-refractivity contribution in [1.82, 2.24) is 7.99 Å². The SMILES string of the molecule is COC(C/C(C#N)=C(\N)c1cnn(I)c1)OC. The van der Waals surface area contributed by atoms with E-state index in [0.29, 0.717) is 23.3 Å². The van der Waals surface area contributed by atoms with Crippen LogP contribution in [0.3, 0.4) is 0 Å². The van der Waals surface area contributed by atoms with Gasteiger partial charge in [0.15, 0.2) is 6.29 Å². The summed E-state index contributed by atoms with van der Waals surface area (Å²) in [6, 6.07) is 2.06. The molecule has 0 aromatic carbocycles. The fourth-order valence-electron chi connectivity index (χ4n) is 1.26. The smallest absolute Gasteiger partial charge is 0.161 e. The molecule has 0 aliphatic rings. The summed E-state index contributed by atoms with van der Waals surface area (Å²) in [5.74, 6) is 0. The van der Waals surface area contributed by atoms with Gasteiger partial charge < -0.3 is 15.2 Å². The van der Waals surface area contributed by atoms with Crippen LogP contribution in [0.5, 0.6) is 0 Å². The largest absolute Gasteiger partial charge is 0.397 e. The maximum Gasteiger partial charge on any atom is 0.161 e. The Bertz CT molecular complexity index is 445. The zero-order valence-corrected chi connectivity index (χ0v) is 11.7. The molecule has 6 nitrogen and oxygen atoms in total. The molecule has 0 aliphatic heterocycles. The molecule has 1 heterocycles. The number of hydrogen-bond acceptors (Lipinski definition) is 5. The van der Waals surface area contributed by atoms with Crippen molar-refractivity contribution >= 4 is 28.6 Å². The molecule has 1 aromatic rings. The Labute approximate surface area is 113 Å². The first-order chi connectivity index (χ1) is 8.12. The molecule has 2 N–H and O–H groups in total. The van der Waals surface area contributed by atoms with Crippen LogP contribution in [0.2, 0.25) is 0 Å². The van der Waals surface area contributed by atoms with Crippen LogP contribution in [0.15, 0.2) is 18.0 Å². The molecule has 0 saturated heterocycles. The highest BCUT2D eigenvalue weighted by atomic mass is 127. The quantitative estimate of drug-likeness (QED) is 0.492. The summed E-state index contributed by atoms with van der Waals surface area (Å²) in [4.78, 5) is 0. The van der Waals surface area contributed by atoms with Gasteiger partial charge in [0.2, 0.25) is 0 Å². The van der Waals surface area contributed by atoms with Crippen molar-refractivity contribution < 1.29 is 9.47 Å². The van der Waals surface area contributed by atoms with Crippen LogP contribution in [0.4, 0.5) is 0 Å². The Hall–Kier alpha value is -1.11. The Morgan fingerprint density at radius 3 is 2.71 bits per heavy atom. The molecule has 0 atom stereocenters. The van der Waals surface area contributed by atoms with Crippen molar-refractivity contribution in [2.45, 2.75) is 12.7 Å². The molecule has 1 rings (SSSR count). The van der Waals surface area contributed by atoms with Crippen LogP contribution in [0, 0.1) is 11.3 Å². The third-order valence-electron chi connectivity index (χ3n) is 2.22. The zero-order valence-electron chi connectivity index (χ0n) is 9.55. The van der Waals surface area contributed by atoms with Gasteiger partial charge >= 0.3 is 0 Å². The molecule has 0 fully saturated rings. The molecule has 0 bridgehead atoms. The van der Waals surface area contributed by atoms with Gasteiger partial charge in [-0.25, -0.2) is 2.90 Å². The van der Waals surface area contributed by atoms with Crippen LogP contribution in [-0.4, -0.2) is 28.5 Å². The Morgan fingerprint density at radius 2 is 2.29 bits per heavy atom. The summed E-state index contributed by atoms with van der Waals surface area (Å²) in [7, 11) is 3.03. The van der Waals surface area contributed by atoms with Crippen LogP contribution in [-0.2, 0) is 9.47 Å². The van der Waals surface area contributed by atoms with Crippen molar-refractivity contribution in [3.8, 4) is 6.07 Å². The maximum atomic E-state index is 9.08. The van der Waals surface area contributed by atoms with Gasteiger partial charge in [0, 0.05) is 32.4 Å². The zero-order chi connectivity index (χ0) is 12.8. The highest BCUT2D eigenvalue weighted by molar-refractivity contribution is 14.1. The van der Waals surface area contributed by atoms with E-state index in [1.807, 2.05) is 22.9 Å². The summed E-state index contributed by atoms with van der Waals surface area (Å²) in [6.07, 6.45) is 3.18. The number of methoxy groups -OCH3 is 2. The summed E-state index contributed by atoms with van der Waals surface area (Å²) in [6.45, 7) is 0. The first-order valence-corrected chi connectivity index (χ1v) is 5.74. The molecule has 0 amide bonds. The van der Waals surface area contributed by atoms with E-state index in [1.165, 1.54) is 14.2 Å².